The van der Waals surface area contributed by atoms with E-state index in [1.807, 2.05) is 12.4 Å². The summed E-state index contributed by atoms with van der Waals surface area (Å²) in [6.07, 6.45) is 0.227. The Balaban J connectivity index is 2.02. The number of hydrogen-bond acceptors (Lipinski definition) is 5. The fourth-order valence-electron chi connectivity index (χ4n) is 1.92. The molecule has 2 aromatic rings. The number of benzene rings is 1. The highest BCUT2D eigenvalue weighted by Gasteiger charge is 2.10. The second kappa shape index (κ2) is 6.52. The number of thiazole rings is 1. The summed E-state index contributed by atoms with van der Waals surface area (Å²) in [6, 6.07) is 8.41. The van der Waals surface area contributed by atoms with Crippen LogP contribution in [0.15, 0.2) is 29.6 Å². The van der Waals surface area contributed by atoms with Gasteiger partial charge in [-0.3, -0.25) is 4.79 Å². The molecule has 0 bridgehead atoms. The second-order valence-electron chi connectivity index (χ2n) is 4.72. The molecule has 2 rings (SSSR count). The molecule has 0 saturated carbocycles. The molecule has 1 aromatic carbocycles. The maximum Gasteiger partial charge on any atom is 0.311 e. The van der Waals surface area contributed by atoms with Gasteiger partial charge >= 0.3 is 5.97 Å². The van der Waals surface area contributed by atoms with Crippen LogP contribution in [-0.4, -0.2) is 25.1 Å². The lowest BCUT2D eigenvalue weighted by molar-refractivity contribution is -0.139. The Labute approximate surface area is 123 Å². The van der Waals surface area contributed by atoms with Crippen molar-refractivity contribution in [3.05, 3.63) is 46.5 Å². The van der Waals surface area contributed by atoms with Crippen LogP contribution in [0.25, 0.3) is 0 Å². The molecule has 0 unspecified atom stereocenters. The highest BCUT2D eigenvalue weighted by atomic mass is 32.1. The minimum atomic E-state index is -0.261. The number of ether oxygens (including phenoxy) is 1. The number of carbonyl (C=O) groups is 1. The molecule has 0 atom stereocenters. The number of aromatic nitrogens is 1. The summed E-state index contributed by atoms with van der Waals surface area (Å²) >= 11 is 1.54. The van der Waals surface area contributed by atoms with Crippen LogP contribution >= 0.6 is 11.3 Å². The van der Waals surface area contributed by atoms with Crippen molar-refractivity contribution in [2.75, 3.05) is 19.1 Å². The van der Waals surface area contributed by atoms with Crippen LogP contribution in [0, 0.1) is 6.92 Å². The molecule has 0 spiro atoms. The van der Waals surface area contributed by atoms with Gasteiger partial charge in [0.2, 0.25) is 0 Å². The lowest BCUT2D eigenvalue weighted by Crippen LogP contribution is -2.16. The van der Waals surface area contributed by atoms with Crippen LogP contribution in [-0.2, 0) is 22.5 Å². The summed E-state index contributed by atoms with van der Waals surface area (Å²) in [7, 11) is 3.39. The van der Waals surface area contributed by atoms with Crippen molar-refractivity contribution in [2.24, 2.45) is 0 Å². The highest BCUT2D eigenvalue weighted by molar-refractivity contribution is 7.13. The van der Waals surface area contributed by atoms with Crippen molar-refractivity contribution in [3.63, 3.8) is 0 Å². The molecular weight excluding hydrogens is 272 g/mol. The maximum absolute atomic E-state index is 11.2. The standard InChI is InChI=1S/C15H18N2O2S/c1-11-5-4-6-12(7-11)9-17(2)15-16-13(10-20-15)8-14(18)19-3/h4-7,10H,8-9H2,1-3H3. The molecule has 0 saturated heterocycles. The fraction of sp³-hybridized carbons (Fsp3) is 0.333. The number of carbonyl (C=O) groups excluding carboxylic acids is 1. The van der Waals surface area contributed by atoms with Crippen molar-refractivity contribution in [2.45, 2.75) is 19.9 Å². The number of hydrogen-bond donors (Lipinski definition) is 0. The smallest absolute Gasteiger partial charge is 0.311 e. The molecule has 0 fully saturated rings. The second-order valence-corrected chi connectivity index (χ2v) is 5.56. The van der Waals surface area contributed by atoms with Gasteiger partial charge in [0.05, 0.1) is 19.2 Å². The Hall–Kier alpha value is -1.88. The summed E-state index contributed by atoms with van der Waals surface area (Å²) in [5, 5.41) is 2.81. The van der Waals surface area contributed by atoms with E-state index in [0.717, 1.165) is 17.4 Å². The van der Waals surface area contributed by atoms with Gasteiger partial charge in [0, 0.05) is 19.0 Å². The topological polar surface area (TPSA) is 42.4 Å². The molecule has 1 heterocycles. The molecule has 1 aromatic heterocycles. The van der Waals surface area contributed by atoms with Crippen LogP contribution in [0.1, 0.15) is 16.8 Å². The molecular formula is C15H18N2O2S. The van der Waals surface area contributed by atoms with Gasteiger partial charge < -0.3 is 9.64 Å². The third-order valence-corrected chi connectivity index (χ3v) is 3.93. The van der Waals surface area contributed by atoms with Gasteiger partial charge in [-0.15, -0.1) is 11.3 Å². The van der Waals surface area contributed by atoms with Gasteiger partial charge in [-0.25, -0.2) is 4.98 Å². The van der Waals surface area contributed by atoms with E-state index < -0.39 is 0 Å². The fourth-order valence-corrected chi connectivity index (χ4v) is 2.72. The van der Waals surface area contributed by atoms with Crippen LogP contribution in [0.4, 0.5) is 5.13 Å². The summed E-state index contributed by atoms with van der Waals surface area (Å²) in [6.45, 7) is 2.88. The predicted molar refractivity (Wildman–Crippen MR) is 81.1 cm³/mol. The maximum atomic E-state index is 11.2. The van der Waals surface area contributed by atoms with Crippen LogP contribution in [0.5, 0.6) is 0 Å². The quantitative estimate of drug-likeness (QED) is 0.794. The van der Waals surface area contributed by atoms with Gasteiger partial charge in [0.25, 0.3) is 0 Å². The molecule has 0 radical (unpaired) electrons. The van der Waals surface area contributed by atoms with E-state index in [-0.39, 0.29) is 12.4 Å². The third-order valence-electron chi connectivity index (χ3n) is 2.92. The predicted octanol–water partition coefficient (Wildman–Crippen LogP) is 2.80. The van der Waals surface area contributed by atoms with Crippen molar-refractivity contribution in [3.8, 4) is 0 Å². The SMILES string of the molecule is COC(=O)Cc1csc(N(C)Cc2cccc(C)c2)n1. The van der Waals surface area contributed by atoms with Crippen molar-refractivity contribution in [1.29, 1.82) is 0 Å². The van der Waals surface area contributed by atoms with E-state index in [9.17, 15) is 4.79 Å². The lowest BCUT2D eigenvalue weighted by Gasteiger charge is -2.16. The molecule has 0 aliphatic heterocycles. The first-order chi connectivity index (χ1) is 9.58. The molecule has 20 heavy (non-hydrogen) atoms. The Bertz CT molecular complexity index is 595. The molecule has 0 aliphatic carbocycles. The highest BCUT2D eigenvalue weighted by Crippen LogP contribution is 2.21. The monoisotopic (exact) mass is 290 g/mol. The Kier molecular flexibility index (Phi) is 4.74. The number of methoxy groups -OCH3 is 1. The lowest BCUT2D eigenvalue weighted by atomic mass is 10.1. The first-order valence-corrected chi connectivity index (χ1v) is 7.24. The van der Waals surface area contributed by atoms with E-state index in [1.54, 1.807) is 11.3 Å². The zero-order valence-electron chi connectivity index (χ0n) is 11.9. The summed E-state index contributed by atoms with van der Waals surface area (Å²) in [5.74, 6) is -0.261. The minimum absolute atomic E-state index is 0.227. The van der Waals surface area contributed by atoms with Gasteiger partial charge in [0.1, 0.15) is 0 Å². The van der Waals surface area contributed by atoms with E-state index >= 15 is 0 Å². The minimum Gasteiger partial charge on any atom is -0.469 e. The number of anilines is 1. The average molecular weight is 290 g/mol. The van der Waals surface area contributed by atoms with Crippen molar-refractivity contribution >= 4 is 22.4 Å². The van der Waals surface area contributed by atoms with E-state index in [4.69, 9.17) is 0 Å². The third kappa shape index (κ3) is 3.81. The van der Waals surface area contributed by atoms with E-state index in [0.29, 0.717) is 0 Å². The van der Waals surface area contributed by atoms with Crippen LogP contribution in [0.2, 0.25) is 0 Å². The van der Waals surface area contributed by atoms with Crippen LogP contribution in [0.3, 0.4) is 0 Å². The summed E-state index contributed by atoms with van der Waals surface area (Å²) < 4.78 is 4.64. The average Bonchev–Trinajstić information content (AvgIpc) is 2.87. The Morgan fingerprint density at radius 2 is 2.25 bits per heavy atom. The van der Waals surface area contributed by atoms with Gasteiger partial charge in [0.15, 0.2) is 5.13 Å². The molecule has 106 valence electrons. The molecule has 0 amide bonds. The number of esters is 1. The van der Waals surface area contributed by atoms with E-state index in [2.05, 4.69) is 45.8 Å². The molecule has 4 nitrogen and oxygen atoms in total. The zero-order valence-corrected chi connectivity index (χ0v) is 12.7. The van der Waals surface area contributed by atoms with Gasteiger partial charge in [-0.1, -0.05) is 29.8 Å². The van der Waals surface area contributed by atoms with Gasteiger partial charge in [-0.05, 0) is 12.5 Å². The first kappa shape index (κ1) is 14.5. The zero-order chi connectivity index (χ0) is 14.5. The Morgan fingerprint density at radius 1 is 1.45 bits per heavy atom. The van der Waals surface area contributed by atoms with Gasteiger partial charge in [-0.2, -0.15) is 0 Å². The summed E-state index contributed by atoms with van der Waals surface area (Å²) in [4.78, 5) is 17.8. The Morgan fingerprint density at radius 3 is 2.95 bits per heavy atom. The normalized spacial score (nSPS) is 10.3. The van der Waals surface area contributed by atoms with Crippen LogP contribution < -0.4 is 4.90 Å². The van der Waals surface area contributed by atoms with E-state index in [1.165, 1.54) is 18.2 Å². The number of aryl methyl sites for hydroxylation is 1. The molecule has 0 aliphatic rings. The summed E-state index contributed by atoms with van der Waals surface area (Å²) in [5.41, 5.74) is 3.26. The molecule has 5 heteroatoms. The molecule has 0 N–H and O–H groups in total. The first-order valence-electron chi connectivity index (χ1n) is 6.36. The number of nitrogens with zero attached hydrogens (tertiary/aromatic N) is 2. The van der Waals surface area contributed by atoms with Crippen molar-refractivity contribution < 1.29 is 9.53 Å². The largest absolute Gasteiger partial charge is 0.469 e. The number of rotatable bonds is 5. The van der Waals surface area contributed by atoms with Crippen molar-refractivity contribution in [1.82, 2.24) is 4.98 Å².